The normalized spacial score (nSPS) is 10.1. The number of halogens is 1. The van der Waals surface area contributed by atoms with E-state index in [2.05, 4.69) is 14.7 Å². The van der Waals surface area contributed by atoms with E-state index in [0.29, 0.717) is 16.5 Å². The summed E-state index contributed by atoms with van der Waals surface area (Å²) in [6, 6.07) is 5.20. The SMILES string of the molecule is COC(=O)c1cnc(-c2ccc(Cl)cc2OC)cn1. The number of hydrogen-bond donors (Lipinski definition) is 0. The van der Waals surface area contributed by atoms with Crippen molar-refractivity contribution in [2.75, 3.05) is 14.2 Å². The van der Waals surface area contributed by atoms with Gasteiger partial charge in [0.15, 0.2) is 5.69 Å². The quantitative estimate of drug-likeness (QED) is 0.808. The minimum Gasteiger partial charge on any atom is -0.496 e. The molecule has 0 aliphatic heterocycles. The number of nitrogens with zero attached hydrogens (tertiary/aromatic N) is 2. The van der Waals surface area contributed by atoms with Crippen LogP contribution in [0.4, 0.5) is 0 Å². The zero-order chi connectivity index (χ0) is 13.8. The first-order valence-corrected chi connectivity index (χ1v) is 5.77. The summed E-state index contributed by atoms with van der Waals surface area (Å²) in [6.07, 6.45) is 2.84. The van der Waals surface area contributed by atoms with Gasteiger partial charge in [-0.1, -0.05) is 11.6 Å². The number of carbonyl (C=O) groups excluding carboxylic acids is 1. The minimum atomic E-state index is -0.526. The van der Waals surface area contributed by atoms with Gasteiger partial charge in [-0.3, -0.25) is 4.98 Å². The number of benzene rings is 1. The highest BCUT2D eigenvalue weighted by Crippen LogP contribution is 2.30. The Bertz CT molecular complexity index is 599. The number of hydrogen-bond acceptors (Lipinski definition) is 5. The predicted octanol–water partition coefficient (Wildman–Crippen LogP) is 2.59. The van der Waals surface area contributed by atoms with Gasteiger partial charge < -0.3 is 9.47 Å². The first kappa shape index (κ1) is 13.3. The molecule has 0 bridgehead atoms. The third-order valence-electron chi connectivity index (χ3n) is 2.49. The molecule has 0 N–H and O–H groups in total. The van der Waals surface area contributed by atoms with Gasteiger partial charge in [-0.05, 0) is 18.2 Å². The van der Waals surface area contributed by atoms with Crippen molar-refractivity contribution in [3.05, 3.63) is 41.3 Å². The highest BCUT2D eigenvalue weighted by atomic mass is 35.5. The van der Waals surface area contributed by atoms with Crippen molar-refractivity contribution in [2.45, 2.75) is 0 Å². The molecule has 5 nitrogen and oxygen atoms in total. The van der Waals surface area contributed by atoms with Gasteiger partial charge in [0.05, 0.1) is 32.3 Å². The fourth-order valence-electron chi connectivity index (χ4n) is 1.55. The Kier molecular flexibility index (Phi) is 3.97. The average molecular weight is 279 g/mol. The lowest BCUT2D eigenvalue weighted by Gasteiger charge is -2.08. The van der Waals surface area contributed by atoms with Crippen molar-refractivity contribution in [2.24, 2.45) is 0 Å². The van der Waals surface area contributed by atoms with Crippen LogP contribution in [0, 0.1) is 0 Å². The van der Waals surface area contributed by atoms with Crippen molar-refractivity contribution in [1.82, 2.24) is 9.97 Å². The van der Waals surface area contributed by atoms with Crippen LogP contribution in [0.25, 0.3) is 11.3 Å². The number of esters is 1. The van der Waals surface area contributed by atoms with Crippen LogP contribution in [0.1, 0.15) is 10.5 Å². The lowest BCUT2D eigenvalue weighted by atomic mass is 10.1. The first-order chi connectivity index (χ1) is 9.15. The molecule has 0 fully saturated rings. The fourth-order valence-corrected chi connectivity index (χ4v) is 1.72. The Labute approximate surface area is 115 Å². The Hall–Kier alpha value is -2.14. The standard InChI is InChI=1S/C13H11ClN2O3/c1-18-12-5-8(14)3-4-9(12)10-6-16-11(7-15-10)13(17)19-2/h3-7H,1-2H3. The van der Waals surface area contributed by atoms with E-state index in [4.69, 9.17) is 16.3 Å². The van der Waals surface area contributed by atoms with Gasteiger partial charge in [0.25, 0.3) is 0 Å². The van der Waals surface area contributed by atoms with Crippen molar-refractivity contribution in [3.63, 3.8) is 0 Å². The molecule has 0 atom stereocenters. The molecule has 0 aliphatic carbocycles. The molecule has 1 heterocycles. The molecule has 2 aromatic rings. The highest BCUT2D eigenvalue weighted by Gasteiger charge is 2.11. The molecule has 0 aliphatic rings. The summed E-state index contributed by atoms with van der Waals surface area (Å²) in [4.78, 5) is 19.4. The smallest absolute Gasteiger partial charge is 0.358 e. The van der Waals surface area contributed by atoms with E-state index in [-0.39, 0.29) is 5.69 Å². The van der Waals surface area contributed by atoms with Crippen LogP contribution >= 0.6 is 11.6 Å². The van der Waals surface area contributed by atoms with Gasteiger partial charge in [-0.15, -0.1) is 0 Å². The molecular weight excluding hydrogens is 268 g/mol. The zero-order valence-electron chi connectivity index (χ0n) is 10.4. The van der Waals surface area contributed by atoms with Crippen molar-refractivity contribution < 1.29 is 14.3 Å². The fraction of sp³-hybridized carbons (Fsp3) is 0.154. The summed E-state index contributed by atoms with van der Waals surface area (Å²) in [5.74, 6) is 0.0646. The molecule has 1 aromatic heterocycles. The van der Waals surface area contributed by atoms with Gasteiger partial charge in [0.2, 0.25) is 0 Å². The maximum Gasteiger partial charge on any atom is 0.358 e. The molecule has 0 saturated heterocycles. The summed E-state index contributed by atoms with van der Waals surface area (Å²) in [6.45, 7) is 0. The zero-order valence-corrected chi connectivity index (χ0v) is 11.1. The lowest BCUT2D eigenvalue weighted by Crippen LogP contribution is -2.05. The summed E-state index contributed by atoms with van der Waals surface area (Å²) in [7, 11) is 2.84. The first-order valence-electron chi connectivity index (χ1n) is 5.40. The van der Waals surface area contributed by atoms with Gasteiger partial charge in [0.1, 0.15) is 5.75 Å². The van der Waals surface area contributed by atoms with E-state index in [1.165, 1.54) is 19.5 Å². The van der Waals surface area contributed by atoms with Gasteiger partial charge in [0, 0.05) is 10.6 Å². The molecule has 19 heavy (non-hydrogen) atoms. The summed E-state index contributed by atoms with van der Waals surface area (Å²) in [5, 5.41) is 0.569. The monoisotopic (exact) mass is 278 g/mol. The van der Waals surface area contributed by atoms with Crippen molar-refractivity contribution in [3.8, 4) is 17.0 Å². The molecule has 0 amide bonds. The van der Waals surface area contributed by atoms with Crippen LogP contribution in [0.5, 0.6) is 5.75 Å². The number of carbonyl (C=O) groups is 1. The molecule has 0 radical (unpaired) electrons. The third-order valence-corrected chi connectivity index (χ3v) is 2.72. The predicted molar refractivity (Wildman–Crippen MR) is 70.4 cm³/mol. The van der Waals surface area contributed by atoms with Gasteiger partial charge >= 0.3 is 5.97 Å². The van der Waals surface area contributed by atoms with Crippen LogP contribution in [0.15, 0.2) is 30.6 Å². The Morgan fingerprint density at radius 2 is 2.00 bits per heavy atom. The molecule has 0 saturated carbocycles. The van der Waals surface area contributed by atoms with Crippen LogP contribution < -0.4 is 4.74 Å². The second kappa shape index (κ2) is 5.67. The number of aromatic nitrogens is 2. The molecule has 0 unspecified atom stereocenters. The van der Waals surface area contributed by atoms with E-state index >= 15 is 0 Å². The molecule has 1 aromatic carbocycles. The Morgan fingerprint density at radius 3 is 2.58 bits per heavy atom. The molecule has 6 heteroatoms. The van der Waals surface area contributed by atoms with E-state index in [1.807, 2.05) is 0 Å². The van der Waals surface area contributed by atoms with Crippen LogP contribution in [-0.2, 0) is 4.74 Å². The average Bonchev–Trinajstić information content (AvgIpc) is 2.46. The van der Waals surface area contributed by atoms with Crippen LogP contribution in [-0.4, -0.2) is 30.2 Å². The Morgan fingerprint density at radius 1 is 1.21 bits per heavy atom. The Balaban J connectivity index is 2.40. The minimum absolute atomic E-state index is 0.152. The highest BCUT2D eigenvalue weighted by molar-refractivity contribution is 6.30. The topological polar surface area (TPSA) is 61.3 Å². The van der Waals surface area contributed by atoms with Crippen LogP contribution in [0.3, 0.4) is 0 Å². The van der Waals surface area contributed by atoms with Gasteiger partial charge in [-0.25, -0.2) is 9.78 Å². The van der Waals surface area contributed by atoms with E-state index in [0.717, 1.165) is 5.56 Å². The van der Waals surface area contributed by atoms with Crippen molar-refractivity contribution >= 4 is 17.6 Å². The molecular formula is C13H11ClN2O3. The van der Waals surface area contributed by atoms with Gasteiger partial charge in [-0.2, -0.15) is 0 Å². The van der Waals surface area contributed by atoms with E-state index in [1.54, 1.807) is 25.3 Å². The molecule has 2 rings (SSSR count). The maximum absolute atomic E-state index is 11.3. The lowest BCUT2D eigenvalue weighted by molar-refractivity contribution is 0.0593. The molecule has 98 valence electrons. The summed E-state index contributed by atoms with van der Waals surface area (Å²) >= 11 is 5.89. The number of ether oxygens (including phenoxy) is 2. The number of rotatable bonds is 3. The molecule has 0 spiro atoms. The second-order valence-electron chi connectivity index (χ2n) is 3.62. The van der Waals surface area contributed by atoms with E-state index in [9.17, 15) is 4.79 Å². The second-order valence-corrected chi connectivity index (χ2v) is 4.06. The maximum atomic E-state index is 11.3. The van der Waals surface area contributed by atoms with E-state index < -0.39 is 5.97 Å². The summed E-state index contributed by atoms with van der Waals surface area (Å²) in [5.41, 5.74) is 1.48. The largest absolute Gasteiger partial charge is 0.496 e. The number of methoxy groups -OCH3 is 2. The summed E-state index contributed by atoms with van der Waals surface area (Å²) < 4.78 is 9.79. The van der Waals surface area contributed by atoms with Crippen LogP contribution in [0.2, 0.25) is 5.02 Å². The third kappa shape index (κ3) is 2.82. The van der Waals surface area contributed by atoms with Crippen molar-refractivity contribution in [1.29, 1.82) is 0 Å².